The molecule has 2 saturated heterocycles. The molecule has 0 spiro atoms. The predicted molar refractivity (Wildman–Crippen MR) is 111 cm³/mol. The Bertz CT molecular complexity index is 869. The molecule has 7 heteroatoms. The molecule has 29 heavy (non-hydrogen) atoms. The molecule has 3 amide bonds. The highest BCUT2D eigenvalue weighted by molar-refractivity contribution is 7.12. The molecule has 0 bridgehead atoms. The van der Waals surface area contributed by atoms with Gasteiger partial charge in [-0.3, -0.25) is 14.4 Å². The van der Waals surface area contributed by atoms with Gasteiger partial charge in [-0.15, -0.1) is 11.3 Å². The molecule has 1 N–H and O–H groups in total. The first-order valence-corrected chi connectivity index (χ1v) is 11.0. The van der Waals surface area contributed by atoms with Crippen LogP contribution in [0.4, 0.5) is 0 Å². The summed E-state index contributed by atoms with van der Waals surface area (Å²) in [5, 5.41) is 4.83. The number of carbonyl (C=O) groups is 3. The Labute approximate surface area is 174 Å². The monoisotopic (exact) mass is 411 g/mol. The van der Waals surface area contributed by atoms with Crippen molar-refractivity contribution in [3.63, 3.8) is 0 Å². The molecular weight excluding hydrogens is 386 g/mol. The molecule has 2 atom stereocenters. The normalized spacial score (nSPS) is 21.4. The number of nitrogens with one attached hydrogen (secondary N) is 1. The van der Waals surface area contributed by atoms with Crippen molar-refractivity contribution in [2.75, 3.05) is 13.1 Å². The van der Waals surface area contributed by atoms with E-state index in [0.29, 0.717) is 37.4 Å². The van der Waals surface area contributed by atoms with Gasteiger partial charge in [0.25, 0.3) is 5.91 Å². The lowest BCUT2D eigenvalue weighted by Gasteiger charge is -2.30. The molecule has 0 radical (unpaired) electrons. The zero-order valence-corrected chi connectivity index (χ0v) is 17.1. The van der Waals surface area contributed by atoms with Gasteiger partial charge in [0.1, 0.15) is 12.1 Å². The smallest absolute Gasteiger partial charge is 0.264 e. The fraction of sp³-hybridized carbons (Fsp3) is 0.409. The molecule has 152 valence electrons. The number of hydrogen-bond donors (Lipinski definition) is 1. The van der Waals surface area contributed by atoms with Crippen molar-refractivity contribution in [3.05, 3.63) is 58.3 Å². The van der Waals surface area contributed by atoms with E-state index in [1.807, 2.05) is 41.8 Å². The lowest BCUT2D eigenvalue weighted by atomic mass is 10.1. The van der Waals surface area contributed by atoms with Crippen LogP contribution in [0.15, 0.2) is 47.8 Å². The molecule has 2 fully saturated rings. The molecule has 2 aliphatic heterocycles. The van der Waals surface area contributed by atoms with Gasteiger partial charge >= 0.3 is 0 Å². The molecule has 4 rings (SSSR count). The Morgan fingerprint density at radius 2 is 1.66 bits per heavy atom. The Kier molecular flexibility index (Phi) is 5.94. The van der Waals surface area contributed by atoms with Crippen molar-refractivity contribution in [1.82, 2.24) is 15.1 Å². The molecule has 2 aliphatic rings. The van der Waals surface area contributed by atoms with E-state index < -0.39 is 12.1 Å². The number of thiophene rings is 1. The van der Waals surface area contributed by atoms with Crippen LogP contribution in [0, 0.1) is 0 Å². The molecule has 3 heterocycles. The van der Waals surface area contributed by atoms with Gasteiger partial charge in [0.2, 0.25) is 11.8 Å². The Morgan fingerprint density at radius 1 is 0.931 bits per heavy atom. The van der Waals surface area contributed by atoms with Crippen molar-refractivity contribution in [3.8, 4) is 0 Å². The minimum Gasteiger partial charge on any atom is -0.350 e. The second-order valence-corrected chi connectivity index (χ2v) is 8.47. The van der Waals surface area contributed by atoms with Crippen molar-refractivity contribution in [2.24, 2.45) is 0 Å². The lowest BCUT2D eigenvalue weighted by Crippen LogP contribution is -2.52. The third-order valence-electron chi connectivity index (χ3n) is 5.68. The Morgan fingerprint density at radius 3 is 2.38 bits per heavy atom. The van der Waals surface area contributed by atoms with E-state index in [9.17, 15) is 14.4 Å². The quantitative estimate of drug-likeness (QED) is 0.822. The third-order valence-corrected chi connectivity index (χ3v) is 6.54. The van der Waals surface area contributed by atoms with E-state index in [4.69, 9.17) is 0 Å². The summed E-state index contributed by atoms with van der Waals surface area (Å²) in [6.45, 7) is 1.61. The van der Waals surface area contributed by atoms with E-state index in [0.717, 1.165) is 18.4 Å². The zero-order chi connectivity index (χ0) is 20.2. The summed E-state index contributed by atoms with van der Waals surface area (Å²) in [6, 6.07) is 12.5. The highest BCUT2D eigenvalue weighted by atomic mass is 32.1. The number of nitrogens with zero attached hydrogens (tertiary/aromatic N) is 2. The number of benzene rings is 1. The van der Waals surface area contributed by atoms with Crippen molar-refractivity contribution >= 4 is 29.1 Å². The number of amides is 3. The van der Waals surface area contributed by atoms with Gasteiger partial charge in [0, 0.05) is 19.6 Å². The van der Waals surface area contributed by atoms with Crippen LogP contribution < -0.4 is 5.32 Å². The van der Waals surface area contributed by atoms with Crippen LogP contribution in [0.5, 0.6) is 0 Å². The van der Waals surface area contributed by atoms with Gasteiger partial charge in [0.05, 0.1) is 4.88 Å². The second kappa shape index (κ2) is 8.78. The summed E-state index contributed by atoms with van der Waals surface area (Å²) in [5.41, 5.74) is 1.03. The van der Waals surface area contributed by atoms with Crippen molar-refractivity contribution in [1.29, 1.82) is 0 Å². The standard InChI is InChI=1S/C22H25N3O3S/c26-20(23-15-16-7-2-1-3-8-16)17-9-4-12-24(17)21(27)18-10-5-13-25(18)22(28)19-11-6-14-29-19/h1-3,6-8,11,14,17-18H,4-5,9-10,12-13,15H2,(H,23,26)/t17-,18-/m1/s1. The van der Waals surface area contributed by atoms with Gasteiger partial charge in [-0.25, -0.2) is 0 Å². The molecule has 6 nitrogen and oxygen atoms in total. The van der Waals surface area contributed by atoms with Crippen LogP contribution in [-0.2, 0) is 16.1 Å². The first-order valence-electron chi connectivity index (χ1n) is 10.1. The Hall–Kier alpha value is -2.67. The first kappa shape index (κ1) is 19.6. The van der Waals surface area contributed by atoms with E-state index in [-0.39, 0.29) is 17.7 Å². The topological polar surface area (TPSA) is 69.7 Å². The number of carbonyl (C=O) groups excluding carboxylic acids is 3. The number of rotatable bonds is 5. The second-order valence-electron chi connectivity index (χ2n) is 7.53. The third kappa shape index (κ3) is 4.19. The summed E-state index contributed by atoms with van der Waals surface area (Å²) in [6.07, 6.45) is 2.94. The average molecular weight is 412 g/mol. The van der Waals surface area contributed by atoms with Crippen molar-refractivity contribution < 1.29 is 14.4 Å². The summed E-state index contributed by atoms with van der Waals surface area (Å²) in [7, 11) is 0. The maximum atomic E-state index is 13.3. The largest absolute Gasteiger partial charge is 0.350 e. The van der Waals surface area contributed by atoms with Gasteiger partial charge in [-0.1, -0.05) is 36.4 Å². The first-order chi connectivity index (χ1) is 14.1. The van der Waals surface area contributed by atoms with E-state index in [1.54, 1.807) is 15.9 Å². The van der Waals surface area contributed by atoms with E-state index in [2.05, 4.69) is 5.32 Å². The molecule has 1 aromatic carbocycles. The average Bonchev–Trinajstić information content (AvgIpc) is 3.52. The van der Waals surface area contributed by atoms with E-state index >= 15 is 0 Å². The number of hydrogen-bond acceptors (Lipinski definition) is 4. The van der Waals surface area contributed by atoms with Gasteiger partial charge < -0.3 is 15.1 Å². The van der Waals surface area contributed by atoms with Crippen LogP contribution in [0.3, 0.4) is 0 Å². The van der Waals surface area contributed by atoms with Crippen LogP contribution in [0.25, 0.3) is 0 Å². The Balaban J connectivity index is 1.41. The molecule has 1 aromatic heterocycles. The van der Waals surface area contributed by atoms with Crippen LogP contribution in [0.1, 0.15) is 40.9 Å². The minimum absolute atomic E-state index is 0.0832. The van der Waals surface area contributed by atoms with Gasteiger partial charge in [-0.05, 0) is 42.7 Å². The highest BCUT2D eigenvalue weighted by Crippen LogP contribution is 2.27. The van der Waals surface area contributed by atoms with Crippen molar-refractivity contribution in [2.45, 2.75) is 44.3 Å². The molecule has 0 unspecified atom stereocenters. The lowest BCUT2D eigenvalue weighted by molar-refractivity contribution is -0.141. The molecule has 0 saturated carbocycles. The summed E-state index contributed by atoms with van der Waals surface area (Å²) >= 11 is 1.39. The van der Waals surface area contributed by atoms with Gasteiger partial charge in [0.15, 0.2) is 0 Å². The summed E-state index contributed by atoms with van der Waals surface area (Å²) < 4.78 is 0. The summed E-state index contributed by atoms with van der Waals surface area (Å²) in [4.78, 5) is 42.9. The van der Waals surface area contributed by atoms with Crippen LogP contribution in [-0.4, -0.2) is 52.7 Å². The maximum Gasteiger partial charge on any atom is 0.264 e. The summed E-state index contributed by atoms with van der Waals surface area (Å²) in [5.74, 6) is -0.293. The van der Waals surface area contributed by atoms with E-state index in [1.165, 1.54) is 11.3 Å². The molecule has 2 aromatic rings. The fourth-order valence-corrected chi connectivity index (χ4v) is 4.88. The fourth-order valence-electron chi connectivity index (χ4n) is 4.21. The van der Waals surface area contributed by atoms with Crippen LogP contribution in [0.2, 0.25) is 0 Å². The molecule has 0 aliphatic carbocycles. The number of likely N-dealkylation sites (tertiary alicyclic amines) is 2. The van der Waals surface area contributed by atoms with Gasteiger partial charge in [-0.2, -0.15) is 0 Å². The highest BCUT2D eigenvalue weighted by Gasteiger charge is 2.42. The van der Waals surface area contributed by atoms with Crippen LogP contribution >= 0.6 is 11.3 Å². The maximum absolute atomic E-state index is 13.3. The predicted octanol–water partition coefficient (Wildman–Crippen LogP) is 2.66. The molecular formula is C22H25N3O3S. The SMILES string of the molecule is O=C(NCc1ccccc1)[C@H]1CCCN1C(=O)[C@H]1CCCN1C(=O)c1cccs1. The minimum atomic E-state index is -0.466. The zero-order valence-electron chi connectivity index (χ0n) is 16.3.